The Morgan fingerprint density at radius 2 is 1.74 bits per heavy atom. The molecule has 2 rings (SSSR count). The topological polar surface area (TPSA) is 68.9 Å². The molecule has 0 spiro atoms. The van der Waals surface area contributed by atoms with Crippen molar-refractivity contribution >= 4 is 5.96 Å². The quantitative estimate of drug-likeness (QED) is 0.550. The molecule has 0 aromatic heterocycles. The van der Waals surface area contributed by atoms with Gasteiger partial charge in [-0.05, 0) is 56.0 Å². The van der Waals surface area contributed by atoms with Gasteiger partial charge in [-0.15, -0.1) is 0 Å². The largest absolute Gasteiger partial charge is 0.497 e. The highest BCUT2D eigenvalue weighted by atomic mass is 16.5. The zero-order valence-corrected chi connectivity index (χ0v) is 16.8. The fourth-order valence-corrected chi connectivity index (χ4v) is 2.48. The Kier molecular flexibility index (Phi) is 7.67. The van der Waals surface area contributed by atoms with E-state index < -0.39 is 0 Å². The van der Waals surface area contributed by atoms with E-state index in [0.29, 0.717) is 19.1 Å². The van der Waals surface area contributed by atoms with Crippen molar-refractivity contribution in [3.05, 3.63) is 65.2 Å². The van der Waals surface area contributed by atoms with Gasteiger partial charge in [0.15, 0.2) is 5.96 Å². The van der Waals surface area contributed by atoms with Crippen LogP contribution in [0.4, 0.5) is 0 Å². The highest BCUT2D eigenvalue weighted by Crippen LogP contribution is 2.14. The number of methoxy groups -OCH3 is 1. The van der Waals surface area contributed by atoms with Gasteiger partial charge in [0.2, 0.25) is 0 Å². The van der Waals surface area contributed by atoms with Crippen LogP contribution in [0.3, 0.4) is 0 Å². The van der Waals surface area contributed by atoms with E-state index in [1.54, 1.807) is 7.11 Å². The van der Waals surface area contributed by atoms with Crippen molar-refractivity contribution in [2.24, 2.45) is 10.7 Å². The number of hydrogen-bond acceptors (Lipinski definition) is 3. The highest BCUT2D eigenvalue weighted by molar-refractivity contribution is 5.77. The zero-order chi connectivity index (χ0) is 19.7. The molecule has 0 saturated heterocycles. The lowest BCUT2D eigenvalue weighted by molar-refractivity contribution is -0.0149. The minimum absolute atomic E-state index is 0.146. The number of rotatable bonds is 8. The molecule has 0 aliphatic heterocycles. The number of hydrogen-bond donors (Lipinski definition) is 2. The molecular formula is C22H31N3O2. The Hall–Kier alpha value is -2.53. The summed E-state index contributed by atoms with van der Waals surface area (Å²) >= 11 is 0. The van der Waals surface area contributed by atoms with E-state index in [1.807, 2.05) is 18.2 Å². The zero-order valence-electron chi connectivity index (χ0n) is 16.8. The molecule has 146 valence electrons. The van der Waals surface area contributed by atoms with E-state index in [0.717, 1.165) is 29.8 Å². The van der Waals surface area contributed by atoms with Gasteiger partial charge in [-0.2, -0.15) is 0 Å². The van der Waals surface area contributed by atoms with Crippen LogP contribution in [0.25, 0.3) is 0 Å². The van der Waals surface area contributed by atoms with Crippen LogP contribution >= 0.6 is 0 Å². The molecule has 27 heavy (non-hydrogen) atoms. The van der Waals surface area contributed by atoms with E-state index in [4.69, 9.17) is 15.2 Å². The van der Waals surface area contributed by atoms with Crippen LogP contribution in [0.1, 0.15) is 37.5 Å². The van der Waals surface area contributed by atoms with E-state index in [-0.39, 0.29) is 5.60 Å². The summed E-state index contributed by atoms with van der Waals surface area (Å²) in [4.78, 5) is 4.43. The number of nitrogens with one attached hydrogen (secondary N) is 1. The first-order chi connectivity index (χ1) is 12.9. The van der Waals surface area contributed by atoms with Gasteiger partial charge in [-0.25, -0.2) is 4.99 Å². The lowest BCUT2D eigenvalue weighted by Crippen LogP contribution is -2.33. The van der Waals surface area contributed by atoms with Crippen molar-refractivity contribution in [2.75, 3.05) is 13.7 Å². The first-order valence-corrected chi connectivity index (χ1v) is 9.24. The summed E-state index contributed by atoms with van der Waals surface area (Å²) in [5.74, 6) is 1.32. The summed E-state index contributed by atoms with van der Waals surface area (Å²) in [6.45, 7) is 8.04. The number of aliphatic imine (C=N–C) groups is 1. The maximum absolute atomic E-state index is 5.98. The summed E-state index contributed by atoms with van der Waals surface area (Å²) in [5, 5.41) is 3.16. The van der Waals surface area contributed by atoms with Gasteiger partial charge in [-0.3, -0.25) is 0 Å². The smallest absolute Gasteiger partial charge is 0.188 e. The van der Waals surface area contributed by atoms with Crippen LogP contribution in [0.2, 0.25) is 0 Å². The van der Waals surface area contributed by atoms with Crippen LogP contribution in [0, 0.1) is 0 Å². The number of ether oxygens (including phenoxy) is 2. The molecule has 5 heteroatoms. The summed E-state index contributed by atoms with van der Waals surface area (Å²) in [7, 11) is 1.67. The number of guanidine groups is 1. The Morgan fingerprint density at radius 3 is 2.41 bits per heavy atom. The van der Waals surface area contributed by atoms with Gasteiger partial charge in [0.1, 0.15) is 5.75 Å². The maximum atomic E-state index is 5.98. The molecule has 5 nitrogen and oxygen atoms in total. The predicted octanol–water partition coefficient (Wildman–Crippen LogP) is 3.66. The van der Waals surface area contributed by atoms with Gasteiger partial charge >= 0.3 is 0 Å². The second kappa shape index (κ2) is 9.97. The molecule has 0 heterocycles. The first kappa shape index (κ1) is 20.8. The van der Waals surface area contributed by atoms with Gasteiger partial charge in [-0.1, -0.05) is 36.4 Å². The lowest BCUT2D eigenvalue weighted by atomic mass is 10.1. The van der Waals surface area contributed by atoms with Crippen LogP contribution in [-0.4, -0.2) is 25.2 Å². The molecule has 0 saturated carbocycles. The van der Waals surface area contributed by atoms with Crippen molar-refractivity contribution in [3.8, 4) is 5.75 Å². The van der Waals surface area contributed by atoms with Crippen molar-refractivity contribution in [3.63, 3.8) is 0 Å². The summed E-state index contributed by atoms with van der Waals surface area (Å²) in [6, 6.07) is 16.3. The Labute approximate surface area is 162 Å². The van der Waals surface area contributed by atoms with Crippen molar-refractivity contribution < 1.29 is 9.47 Å². The molecule has 0 amide bonds. The van der Waals surface area contributed by atoms with E-state index in [9.17, 15) is 0 Å². The second-order valence-electron chi connectivity index (χ2n) is 7.45. The SMILES string of the molecule is COc1ccc(CCNC(N)=NCc2cccc(COC(C)(C)C)c2)cc1. The third-order valence-electron chi connectivity index (χ3n) is 3.97. The molecule has 0 unspecified atom stereocenters. The van der Waals surface area contributed by atoms with Gasteiger partial charge in [0, 0.05) is 6.54 Å². The molecule has 0 fully saturated rings. The van der Waals surface area contributed by atoms with Gasteiger partial charge in [0.05, 0.1) is 25.9 Å². The normalized spacial score (nSPS) is 12.1. The van der Waals surface area contributed by atoms with Crippen LogP contribution < -0.4 is 15.8 Å². The van der Waals surface area contributed by atoms with Crippen molar-refractivity contribution in [1.82, 2.24) is 5.32 Å². The Morgan fingerprint density at radius 1 is 1.04 bits per heavy atom. The summed E-state index contributed by atoms with van der Waals surface area (Å²) in [5.41, 5.74) is 9.32. The van der Waals surface area contributed by atoms with Crippen molar-refractivity contribution in [2.45, 2.75) is 45.9 Å². The molecule has 2 aromatic rings. The number of benzene rings is 2. The van der Waals surface area contributed by atoms with Crippen molar-refractivity contribution in [1.29, 1.82) is 0 Å². The minimum Gasteiger partial charge on any atom is -0.497 e. The van der Waals surface area contributed by atoms with Gasteiger partial charge in [0.25, 0.3) is 0 Å². The summed E-state index contributed by atoms with van der Waals surface area (Å²) in [6.07, 6.45) is 0.875. The average Bonchev–Trinajstić information content (AvgIpc) is 2.65. The van der Waals surface area contributed by atoms with E-state index >= 15 is 0 Å². The third kappa shape index (κ3) is 8.13. The summed E-state index contributed by atoms with van der Waals surface area (Å²) < 4.78 is 11.0. The molecule has 0 bridgehead atoms. The van der Waals surface area contributed by atoms with Crippen LogP contribution in [0.5, 0.6) is 5.75 Å². The molecule has 0 radical (unpaired) electrons. The van der Waals surface area contributed by atoms with E-state index in [1.165, 1.54) is 5.56 Å². The highest BCUT2D eigenvalue weighted by Gasteiger charge is 2.10. The number of nitrogens with zero attached hydrogens (tertiary/aromatic N) is 1. The monoisotopic (exact) mass is 369 g/mol. The Balaban J connectivity index is 1.78. The fourth-order valence-electron chi connectivity index (χ4n) is 2.48. The fraction of sp³-hybridized carbons (Fsp3) is 0.409. The third-order valence-corrected chi connectivity index (χ3v) is 3.97. The molecule has 0 aliphatic rings. The second-order valence-corrected chi connectivity index (χ2v) is 7.45. The van der Waals surface area contributed by atoms with Crippen LogP contribution in [-0.2, 0) is 24.3 Å². The lowest BCUT2D eigenvalue weighted by Gasteiger charge is -2.19. The Bertz CT molecular complexity index is 734. The van der Waals surface area contributed by atoms with Crippen LogP contribution in [0.15, 0.2) is 53.5 Å². The maximum Gasteiger partial charge on any atom is 0.188 e. The van der Waals surface area contributed by atoms with Gasteiger partial charge < -0.3 is 20.5 Å². The molecule has 3 N–H and O–H groups in total. The first-order valence-electron chi connectivity index (χ1n) is 9.24. The molecule has 0 aliphatic carbocycles. The number of nitrogens with two attached hydrogens (primary N) is 1. The predicted molar refractivity (Wildman–Crippen MR) is 111 cm³/mol. The molecular weight excluding hydrogens is 338 g/mol. The molecule has 0 atom stereocenters. The average molecular weight is 370 g/mol. The minimum atomic E-state index is -0.146. The standard InChI is InChI=1S/C22H31N3O2/c1-22(2,3)27-16-19-7-5-6-18(14-19)15-25-21(23)24-13-12-17-8-10-20(26-4)11-9-17/h5-11,14H,12-13,15-16H2,1-4H3,(H3,23,24,25). The van der Waals surface area contributed by atoms with E-state index in [2.05, 4.69) is 61.4 Å². The molecule has 2 aromatic carbocycles.